The van der Waals surface area contributed by atoms with E-state index in [4.69, 9.17) is 5.73 Å². The molecule has 1 aromatic rings. The van der Waals surface area contributed by atoms with E-state index >= 15 is 0 Å². The molecule has 0 amide bonds. The first kappa shape index (κ1) is 13.8. The monoisotopic (exact) mass is 300 g/mol. The number of aliphatic hydroxyl groups is 1. The standard InChI is InChI=1S/C13H17FN2O3S/c14-11-2-1-3-12(15)13(11)20(18,19)16-8-4-5-9(16)7-10(17)6-8/h1-3,8-10,17H,4-7,15H2. The van der Waals surface area contributed by atoms with Crippen molar-refractivity contribution in [2.75, 3.05) is 5.73 Å². The van der Waals surface area contributed by atoms with Crippen LogP contribution in [0.1, 0.15) is 25.7 Å². The molecule has 7 heteroatoms. The van der Waals surface area contributed by atoms with E-state index in [0.29, 0.717) is 25.7 Å². The number of rotatable bonds is 2. The molecule has 3 N–H and O–H groups in total. The molecule has 2 fully saturated rings. The number of piperidine rings is 1. The van der Waals surface area contributed by atoms with Gasteiger partial charge < -0.3 is 10.8 Å². The van der Waals surface area contributed by atoms with Gasteiger partial charge in [-0.15, -0.1) is 0 Å². The van der Waals surface area contributed by atoms with E-state index in [1.165, 1.54) is 16.4 Å². The summed E-state index contributed by atoms with van der Waals surface area (Å²) >= 11 is 0. The van der Waals surface area contributed by atoms with E-state index in [9.17, 15) is 17.9 Å². The third-order valence-corrected chi connectivity index (χ3v) is 6.27. The van der Waals surface area contributed by atoms with Crippen molar-refractivity contribution in [1.82, 2.24) is 4.31 Å². The highest BCUT2D eigenvalue weighted by Gasteiger charge is 2.47. The van der Waals surface area contributed by atoms with Crippen LogP contribution in [0.3, 0.4) is 0 Å². The number of anilines is 1. The Kier molecular flexibility index (Phi) is 3.23. The second-order valence-electron chi connectivity index (χ2n) is 5.50. The fraction of sp³-hybridized carbons (Fsp3) is 0.538. The molecule has 2 bridgehead atoms. The largest absolute Gasteiger partial charge is 0.398 e. The van der Waals surface area contributed by atoms with Crippen LogP contribution in [-0.4, -0.2) is 36.0 Å². The minimum atomic E-state index is -3.96. The molecule has 5 nitrogen and oxygen atoms in total. The molecule has 2 atom stereocenters. The molecule has 1 aromatic carbocycles. The Morgan fingerprint density at radius 1 is 1.25 bits per heavy atom. The highest BCUT2D eigenvalue weighted by molar-refractivity contribution is 7.89. The predicted octanol–water partition coefficient (Wildman–Crippen LogP) is 1.08. The molecule has 0 spiro atoms. The fourth-order valence-electron chi connectivity index (χ4n) is 3.40. The highest BCUT2D eigenvalue weighted by Crippen LogP contribution is 2.41. The van der Waals surface area contributed by atoms with E-state index in [-0.39, 0.29) is 17.8 Å². The summed E-state index contributed by atoms with van der Waals surface area (Å²) in [6.45, 7) is 0. The van der Waals surface area contributed by atoms with Crippen LogP contribution in [0, 0.1) is 5.82 Å². The van der Waals surface area contributed by atoms with Gasteiger partial charge in [-0.1, -0.05) is 6.07 Å². The maximum absolute atomic E-state index is 13.9. The minimum absolute atomic E-state index is 0.0736. The number of hydrogen-bond donors (Lipinski definition) is 2. The van der Waals surface area contributed by atoms with Crippen LogP contribution in [-0.2, 0) is 10.0 Å². The maximum Gasteiger partial charge on any atom is 0.248 e. The smallest absolute Gasteiger partial charge is 0.248 e. The Morgan fingerprint density at radius 2 is 1.85 bits per heavy atom. The first-order valence-corrected chi connectivity index (χ1v) is 8.11. The van der Waals surface area contributed by atoms with E-state index in [2.05, 4.69) is 0 Å². The van der Waals surface area contributed by atoms with Gasteiger partial charge in [-0.05, 0) is 37.8 Å². The zero-order valence-corrected chi connectivity index (χ0v) is 11.7. The second-order valence-corrected chi connectivity index (χ2v) is 7.28. The van der Waals surface area contributed by atoms with Gasteiger partial charge in [0.05, 0.1) is 11.8 Å². The molecule has 2 aliphatic rings. The van der Waals surface area contributed by atoms with Crippen molar-refractivity contribution in [3.05, 3.63) is 24.0 Å². The summed E-state index contributed by atoms with van der Waals surface area (Å²) in [7, 11) is -3.96. The number of nitrogens with zero attached hydrogens (tertiary/aromatic N) is 1. The summed E-state index contributed by atoms with van der Waals surface area (Å²) in [5, 5.41) is 9.73. The van der Waals surface area contributed by atoms with Gasteiger partial charge in [-0.2, -0.15) is 4.31 Å². The third kappa shape index (κ3) is 2.01. The van der Waals surface area contributed by atoms with Gasteiger partial charge in [0.1, 0.15) is 10.7 Å². The van der Waals surface area contributed by atoms with Gasteiger partial charge in [0.15, 0.2) is 0 Å². The molecular weight excluding hydrogens is 283 g/mol. The Hall–Kier alpha value is -1.18. The SMILES string of the molecule is Nc1cccc(F)c1S(=O)(=O)N1C2CCC1CC(O)C2. The average Bonchev–Trinajstić information content (AvgIpc) is 2.62. The van der Waals surface area contributed by atoms with Crippen molar-refractivity contribution in [2.45, 2.75) is 48.8 Å². The molecule has 0 saturated carbocycles. The first-order valence-electron chi connectivity index (χ1n) is 6.67. The van der Waals surface area contributed by atoms with Crippen LogP contribution >= 0.6 is 0 Å². The van der Waals surface area contributed by atoms with Crippen LogP contribution in [0.15, 0.2) is 23.1 Å². The number of benzene rings is 1. The van der Waals surface area contributed by atoms with Crippen molar-refractivity contribution in [1.29, 1.82) is 0 Å². The second kappa shape index (κ2) is 4.68. The van der Waals surface area contributed by atoms with E-state index in [1.807, 2.05) is 0 Å². The van der Waals surface area contributed by atoms with Crippen LogP contribution < -0.4 is 5.73 Å². The molecule has 3 rings (SSSR count). The number of nitrogens with two attached hydrogens (primary N) is 1. The van der Waals surface area contributed by atoms with Crippen molar-refractivity contribution in [3.63, 3.8) is 0 Å². The summed E-state index contributed by atoms with van der Waals surface area (Å²) in [6, 6.07) is 3.36. The summed E-state index contributed by atoms with van der Waals surface area (Å²) in [4.78, 5) is -0.437. The van der Waals surface area contributed by atoms with Gasteiger partial charge in [0, 0.05) is 12.1 Å². The number of aliphatic hydroxyl groups excluding tert-OH is 1. The number of nitrogen functional groups attached to an aromatic ring is 1. The summed E-state index contributed by atoms with van der Waals surface area (Å²) in [5.74, 6) is -0.824. The number of hydrogen-bond acceptors (Lipinski definition) is 4. The lowest BCUT2D eigenvalue weighted by Crippen LogP contribution is -2.48. The zero-order chi connectivity index (χ0) is 14.5. The van der Waals surface area contributed by atoms with E-state index in [0.717, 1.165) is 6.07 Å². The van der Waals surface area contributed by atoms with Crippen molar-refractivity contribution in [2.24, 2.45) is 0 Å². The molecule has 2 unspecified atom stereocenters. The Bertz CT molecular complexity index is 600. The Labute approximate surface area is 117 Å². The number of fused-ring (bicyclic) bond motifs is 2. The highest BCUT2D eigenvalue weighted by atomic mass is 32.2. The van der Waals surface area contributed by atoms with Gasteiger partial charge in [0.2, 0.25) is 10.0 Å². The molecule has 2 saturated heterocycles. The van der Waals surface area contributed by atoms with Crippen LogP contribution in [0.25, 0.3) is 0 Å². The quantitative estimate of drug-likeness (QED) is 0.801. The first-order chi connectivity index (χ1) is 9.41. The molecular formula is C13H17FN2O3S. The molecule has 0 radical (unpaired) electrons. The fourth-order valence-corrected chi connectivity index (χ4v) is 5.46. The molecule has 110 valence electrons. The lowest BCUT2D eigenvalue weighted by Gasteiger charge is -2.36. The van der Waals surface area contributed by atoms with Crippen LogP contribution in [0.2, 0.25) is 0 Å². The third-order valence-electron chi connectivity index (χ3n) is 4.17. The number of sulfonamides is 1. The summed E-state index contributed by atoms with van der Waals surface area (Å²) in [5.41, 5.74) is 5.58. The summed E-state index contributed by atoms with van der Waals surface area (Å²) < 4.78 is 40.7. The molecule has 20 heavy (non-hydrogen) atoms. The van der Waals surface area contributed by atoms with E-state index < -0.39 is 26.8 Å². The van der Waals surface area contributed by atoms with Crippen LogP contribution in [0.4, 0.5) is 10.1 Å². The Morgan fingerprint density at radius 3 is 2.40 bits per heavy atom. The average molecular weight is 300 g/mol. The number of halogens is 1. The Balaban J connectivity index is 2.06. The van der Waals surface area contributed by atoms with Crippen molar-refractivity contribution >= 4 is 15.7 Å². The molecule has 0 aliphatic carbocycles. The van der Waals surface area contributed by atoms with Crippen molar-refractivity contribution in [3.8, 4) is 0 Å². The van der Waals surface area contributed by atoms with Crippen molar-refractivity contribution < 1.29 is 17.9 Å². The van der Waals surface area contributed by atoms with E-state index in [1.54, 1.807) is 0 Å². The lowest BCUT2D eigenvalue weighted by molar-refractivity contribution is 0.0768. The molecule has 2 heterocycles. The minimum Gasteiger partial charge on any atom is -0.398 e. The molecule has 0 aromatic heterocycles. The van der Waals surface area contributed by atoms with Gasteiger partial charge in [0.25, 0.3) is 0 Å². The normalized spacial score (nSPS) is 30.6. The zero-order valence-electron chi connectivity index (χ0n) is 10.9. The van der Waals surface area contributed by atoms with Crippen LogP contribution in [0.5, 0.6) is 0 Å². The maximum atomic E-state index is 13.9. The topological polar surface area (TPSA) is 83.6 Å². The van der Waals surface area contributed by atoms with Gasteiger partial charge in [-0.25, -0.2) is 12.8 Å². The lowest BCUT2D eigenvalue weighted by atomic mass is 10.0. The van der Waals surface area contributed by atoms with Gasteiger partial charge >= 0.3 is 0 Å². The predicted molar refractivity (Wildman–Crippen MR) is 71.9 cm³/mol. The summed E-state index contributed by atoms with van der Waals surface area (Å²) in [6.07, 6.45) is 1.75. The molecule has 2 aliphatic heterocycles. The van der Waals surface area contributed by atoms with Gasteiger partial charge in [-0.3, -0.25) is 0 Å².